The highest BCUT2D eigenvalue weighted by Gasteiger charge is 2.55. The molecule has 0 radical (unpaired) electrons. The molecule has 0 spiro atoms. The van der Waals surface area contributed by atoms with Crippen LogP contribution in [0.2, 0.25) is 0 Å². The number of ether oxygens (including phenoxy) is 1. The van der Waals surface area contributed by atoms with Crippen molar-refractivity contribution in [3.8, 4) is 0 Å². The van der Waals surface area contributed by atoms with Crippen LogP contribution in [-0.4, -0.2) is 52.9 Å². The van der Waals surface area contributed by atoms with Gasteiger partial charge < -0.3 is 20.4 Å². The summed E-state index contributed by atoms with van der Waals surface area (Å²) in [4.78, 5) is 28.2. The molecule has 0 unspecified atom stereocenters. The lowest BCUT2D eigenvalue weighted by Crippen LogP contribution is -2.31. The number of fused-ring (bicyclic) bond motifs is 2. The summed E-state index contributed by atoms with van der Waals surface area (Å²) in [5.41, 5.74) is 2.61. The molecule has 3 aromatic rings. The van der Waals surface area contributed by atoms with Gasteiger partial charge in [-0.3, -0.25) is 14.3 Å². The zero-order valence-corrected chi connectivity index (χ0v) is 15.4. The van der Waals surface area contributed by atoms with Gasteiger partial charge in [-0.25, -0.2) is 0 Å². The maximum absolute atomic E-state index is 12.9. The van der Waals surface area contributed by atoms with E-state index in [4.69, 9.17) is 4.74 Å². The fourth-order valence-electron chi connectivity index (χ4n) is 4.08. The van der Waals surface area contributed by atoms with Crippen molar-refractivity contribution < 1.29 is 14.3 Å². The van der Waals surface area contributed by atoms with Crippen molar-refractivity contribution >= 4 is 22.7 Å². The van der Waals surface area contributed by atoms with Gasteiger partial charge in [0.2, 0.25) is 0 Å². The summed E-state index contributed by atoms with van der Waals surface area (Å²) in [5.74, 6) is 0.293. The van der Waals surface area contributed by atoms with E-state index >= 15 is 0 Å². The fourth-order valence-corrected chi connectivity index (χ4v) is 4.08. The van der Waals surface area contributed by atoms with E-state index in [-0.39, 0.29) is 23.6 Å². The number of nitrogens with zero attached hydrogens (tertiary/aromatic N) is 2. The van der Waals surface area contributed by atoms with Crippen molar-refractivity contribution in [3.63, 3.8) is 0 Å². The minimum absolute atomic E-state index is 0.153. The number of amides is 2. The monoisotopic (exact) mass is 379 g/mol. The van der Waals surface area contributed by atoms with E-state index in [1.165, 1.54) is 0 Å². The van der Waals surface area contributed by atoms with Crippen LogP contribution in [0, 0.1) is 11.8 Å². The van der Waals surface area contributed by atoms with E-state index in [0.717, 1.165) is 16.5 Å². The summed E-state index contributed by atoms with van der Waals surface area (Å²) in [6.45, 7) is 1.79. The minimum atomic E-state index is -0.317. The van der Waals surface area contributed by atoms with Crippen LogP contribution in [0.4, 0.5) is 0 Å². The molecule has 1 saturated carbocycles. The Labute approximate surface area is 161 Å². The second-order valence-electron chi connectivity index (χ2n) is 7.38. The zero-order valence-electron chi connectivity index (χ0n) is 15.4. The van der Waals surface area contributed by atoms with Crippen LogP contribution in [0.3, 0.4) is 0 Å². The molecule has 2 amide bonds. The number of hydrogen-bond acceptors (Lipinski definition) is 4. The Morgan fingerprint density at radius 1 is 1.25 bits per heavy atom. The highest BCUT2D eigenvalue weighted by atomic mass is 16.5. The van der Waals surface area contributed by atoms with Gasteiger partial charge in [-0.1, -0.05) is 18.2 Å². The predicted octanol–water partition coefficient (Wildman–Crippen LogP) is 1.15. The van der Waals surface area contributed by atoms with E-state index in [1.807, 2.05) is 30.5 Å². The highest BCUT2D eigenvalue weighted by molar-refractivity contribution is 5.98. The lowest BCUT2D eigenvalue weighted by molar-refractivity contribution is 0.0917. The number of aromatic amines is 1. The van der Waals surface area contributed by atoms with Gasteiger partial charge in [-0.15, -0.1) is 0 Å². The van der Waals surface area contributed by atoms with Gasteiger partial charge in [0.05, 0.1) is 25.3 Å². The molecule has 8 heteroatoms. The second kappa shape index (κ2) is 6.49. The van der Waals surface area contributed by atoms with Crippen LogP contribution in [0.1, 0.15) is 26.5 Å². The third kappa shape index (κ3) is 2.77. The lowest BCUT2D eigenvalue weighted by atomic mass is 10.1. The lowest BCUT2D eigenvalue weighted by Gasteiger charge is -2.10. The van der Waals surface area contributed by atoms with Crippen LogP contribution < -0.4 is 10.6 Å². The van der Waals surface area contributed by atoms with E-state index in [0.29, 0.717) is 37.3 Å². The molecule has 1 aliphatic carbocycles. The molecule has 28 heavy (non-hydrogen) atoms. The minimum Gasteiger partial charge on any atom is -0.381 e. The van der Waals surface area contributed by atoms with Crippen LogP contribution in [0.5, 0.6) is 0 Å². The van der Waals surface area contributed by atoms with Crippen molar-refractivity contribution in [2.45, 2.75) is 12.6 Å². The second-order valence-corrected chi connectivity index (χ2v) is 7.38. The summed E-state index contributed by atoms with van der Waals surface area (Å²) in [7, 11) is 1.55. The number of para-hydroxylation sites is 1. The molecule has 8 nitrogen and oxygen atoms in total. The van der Waals surface area contributed by atoms with Crippen molar-refractivity contribution in [2.24, 2.45) is 11.8 Å². The van der Waals surface area contributed by atoms with Gasteiger partial charge in [0.15, 0.2) is 5.69 Å². The molecular formula is C20H21N5O3. The summed E-state index contributed by atoms with van der Waals surface area (Å²) >= 11 is 0. The first-order chi connectivity index (χ1) is 13.7. The maximum atomic E-state index is 12.9. The van der Waals surface area contributed by atoms with Crippen molar-refractivity contribution in [1.29, 1.82) is 0 Å². The van der Waals surface area contributed by atoms with Gasteiger partial charge >= 0.3 is 0 Å². The Kier molecular flexibility index (Phi) is 3.94. The predicted molar refractivity (Wildman–Crippen MR) is 102 cm³/mol. The van der Waals surface area contributed by atoms with Crippen LogP contribution in [-0.2, 0) is 11.3 Å². The van der Waals surface area contributed by atoms with Crippen molar-refractivity contribution in [1.82, 2.24) is 25.4 Å². The number of hydrogen-bond donors (Lipinski definition) is 3. The fraction of sp³-hybridized carbons (Fsp3) is 0.350. The molecule has 2 aromatic heterocycles. The molecule has 2 fully saturated rings. The van der Waals surface area contributed by atoms with Gasteiger partial charge in [0.1, 0.15) is 5.69 Å². The van der Waals surface area contributed by atoms with Crippen LogP contribution >= 0.6 is 0 Å². The summed E-state index contributed by atoms with van der Waals surface area (Å²) in [5, 5.41) is 11.1. The van der Waals surface area contributed by atoms with Gasteiger partial charge in [-0.05, 0) is 17.0 Å². The first-order valence-corrected chi connectivity index (χ1v) is 9.39. The van der Waals surface area contributed by atoms with E-state index in [1.54, 1.807) is 17.8 Å². The van der Waals surface area contributed by atoms with Gasteiger partial charge in [-0.2, -0.15) is 5.10 Å². The number of carbonyl (C=O) groups is 2. The topological polar surface area (TPSA) is 101 Å². The maximum Gasteiger partial charge on any atom is 0.271 e. The Bertz CT molecular complexity index is 1060. The molecular weight excluding hydrogens is 358 g/mol. The number of benzene rings is 1. The Balaban J connectivity index is 1.45. The summed E-state index contributed by atoms with van der Waals surface area (Å²) < 4.78 is 6.99. The average molecular weight is 379 g/mol. The number of H-pyrrole nitrogens is 1. The van der Waals surface area contributed by atoms with Crippen LogP contribution in [0.15, 0.2) is 36.5 Å². The van der Waals surface area contributed by atoms with Crippen molar-refractivity contribution in [3.05, 3.63) is 53.5 Å². The molecule has 3 atom stereocenters. The third-order valence-electron chi connectivity index (χ3n) is 5.72. The average Bonchev–Trinajstić information content (AvgIpc) is 3.22. The molecule has 1 saturated heterocycles. The van der Waals surface area contributed by atoms with Crippen LogP contribution in [0.25, 0.3) is 10.9 Å². The quantitative estimate of drug-likeness (QED) is 0.619. The third-order valence-corrected chi connectivity index (χ3v) is 5.72. The SMILES string of the molecule is CNC(=O)c1cc(C(=O)N[C@H]2[C@@H]3COC[C@@H]32)n(Cc2cccc3cc[nH]c23)n1. The number of rotatable bonds is 5. The number of aromatic nitrogens is 3. The Hall–Kier alpha value is -3.13. The molecule has 2 aliphatic rings. The first kappa shape index (κ1) is 17.0. The molecule has 3 heterocycles. The standard InChI is InChI=1S/C20H21N5O3/c1-21-19(26)15-7-16(20(27)23-18-13-9-28-10-14(13)18)25(24-15)8-12-4-2-3-11-5-6-22-17(11)12/h2-7,13-14,18,22H,8-10H2,1H3,(H,21,26)(H,23,27)/t13-,14+,18+. The molecule has 1 aliphatic heterocycles. The normalized spacial score (nSPS) is 22.8. The Morgan fingerprint density at radius 3 is 2.86 bits per heavy atom. The Morgan fingerprint density at radius 2 is 2.07 bits per heavy atom. The summed E-state index contributed by atoms with van der Waals surface area (Å²) in [6, 6.07) is 9.69. The van der Waals surface area contributed by atoms with E-state index in [9.17, 15) is 9.59 Å². The molecule has 144 valence electrons. The van der Waals surface area contributed by atoms with E-state index < -0.39 is 0 Å². The molecule has 0 bridgehead atoms. The van der Waals surface area contributed by atoms with Gasteiger partial charge in [0, 0.05) is 37.2 Å². The smallest absolute Gasteiger partial charge is 0.271 e. The number of carbonyl (C=O) groups excluding carboxylic acids is 2. The number of nitrogens with one attached hydrogen (secondary N) is 3. The van der Waals surface area contributed by atoms with Crippen molar-refractivity contribution in [2.75, 3.05) is 20.3 Å². The highest BCUT2D eigenvalue weighted by Crippen LogP contribution is 2.44. The largest absolute Gasteiger partial charge is 0.381 e. The molecule has 3 N–H and O–H groups in total. The zero-order chi connectivity index (χ0) is 19.3. The van der Waals surface area contributed by atoms with Gasteiger partial charge in [0.25, 0.3) is 11.8 Å². The summed E-state index contributed by atoms with van der Waals surface area (Å²) in [6.07, 6.45) is 1.88. The van der Waals surface area contributed by atoms with E-state index in [2.05, 4.69) is 20.7 Å². The first-order valence-electron chi connectivity index (χ1n) is 9.39. The molecule has 1 aromatic carbocycles. The molecule has 5 rings (SSSR count).